The van der Waals surface area contributed by atoms with Crippen molar-refractivity contribution in [1.82, 2.24) is 5.01 Å². The van der Waals surface area contributed by atoms with E-state index in [0.29, 0.717) is 0 Å². The molecule has 116 valence electrons. The van der Waals surface area contributed by atoms with Gasteiger partial charge in [0.15, 0.2) is 0 Å². The molecule has 0 aliphatic heterocycles. The Hall–Kier alpha value is -1.14. The van der Waals surface area contributed by atoms with Crippen LogP contribution in [0.4, 0.5) is 0 Å². The summed E-state index contributed by atoms with van der Waals surface area (Å²) in [6, 6.07) is -0.0997. The summed E-state index contributed by atoms with van der Waals surface area (Å²) in [5.41, 5.74) is -2.60. The first kappa shape index (κ1) is 16.9. The lowest BCUT2D eigenvalue weighted by molar-refractivity contribution is -0.181. The monoisotopic (exact) mass is 286 g/mol. The molecule has 20 heavy (non-hydrogen) atoms. The normalized spacial score (nSPS) is 20.5. The van der Waals surface area contributed by atoms with E-state index in [-0.39, 0.29) is 6.04 Å². The van der Waals surface area contributed by atoms with Crippen LogP contribution in [0.5, 0.6) is 0 Å². The van der Waals surface area contributed by atoms with Gasteiger partial charge in [-0.25, -0.2) is 14.6 Å². The zero-order valence-corrected chi connectivity index (χ0v) is 12.8. The third kappa shape index (κ3) is 3.70. The number of hydrazine groups is 1. The maximum atomic E-state index is 12.3. The van der Waals surface area contributed by atoms with E-state index in [1.807, 2.05) is 0 Å². The van der Waals surface area contributed by atoms with Crippen LogP contribution in [0.3, 0.4) is 0 Å². The first-order chi connectivity index (χ1) is 9.09. The Kier molecular flexibility index (Phi) is 5.15. The van der Waals surface area contributed by atoms with Crippen molar-refractivity contribution >= 4 is 11.9 Å². The summed E-state index contributed by atoms with van der Waals surface area (Å²) in [6.07, 6.45) is 4.75. The van der Waals surface area contributed by atoms with E-state index in [9.17, 15) is 14.7 Å². The molecular weight excluding hydrogens is 260 g/mol. The highest BCUT2D eigenvalue weighted by Gasteiger charge is 2.51. The summed E-state index contributed by atoms with van der Waals surface area (Å²) in [7, 11) is 0. The van der Waals surface area contributed by atoms with Crippen molar-refractivity contribution in [2.24, 2.45) is 5.84 Å². The first-order valence-corrected chi connectivity index (χ1v) is 7.10. The fourth-order valence-corrected chi connectivity index (χ4v) is 2.40. The number of carboxylic acids is 1. The number of nitrogens with zero attached hydrogens (tertiary/aromatic N) is 1. The van der Waals surface area contributed by atoms with Crippen LogP contribution >= 0.6 is 0 Å². The van der Waals surface area contributed by atoms with Gasteiger partial charge in [0, 0.05) is 6.04 Å². The molecule has 0 aromatic heterocycles. The van der Waals surface area contributed by atoms with Gasteiger partial charge in [0.1, 0.15) is 5.60 Å². The average molecular weight is 286 g/mol. The molecule has 0 heterocycles. The largest absolute Gasteiger partial charge is 0.479 e. The third-order valence-corrected chi connectivity index (χ3v) is 3.70. The molecule has 3 N–H and O–H groups in total. The molecule has 1 rings (SSSR count). The van der Waals surface area contributed by atoms with Gasteiger partial charge in [0.25, 0.3) is 0 Å². The van der Waals surface area contributed by atoms with Gasteiger partial charge in [-0.15, -0.1) is 0 Å². The third-order valence-electron chi connectivity index (χ3n) is 3.70. The van der Waals surface area contributed by atoms with Gasteiger partial charge in [-0.3, -0.25) is 5.84 Å². The van der Waals surface area contributed by atoms with Crippen molar-refractivity contribution in [1.29, 1.82) is 0 Å². The smallest absolute Gasteiger partial charge is 0.339 e. The van der Waals surface area contributed by atoms with Gasteiger partial charge >= 0.3 is 11.9 Å². The molecule has 0 unspecified atom stereocenters. The van der Waals surface area contributed by atoms with Gasteiger partial charge in [-0.1, -0.05) is 19.3 Å². The molecule has 1 saturated carbocycles. The van der Waals surface area contributed by atoms with Gasteiger partial charge in [0.2, 0.25) is 5.54 Å². The summed E-state index contributed by atoms with van der Waals surface area (Å²) < 4.78 is 5.23. The fraction of sp³-hybridized carbons (Fsp3) is 0.857. The van der Waals surface area contributed by atoms with Gasteiger partial charge in [-0.2, -0.15) is 0 Å². The zero-order chi connectivity index (χ0) is 15.6. The molecule has 0 aromatic rings. The van der Waals surface area contributed by atoms with E-state index in [1.165, 1.54) is 11.9 Å². The predicted molar refractivity (Wildman–Crippen MR) is 74.8 cm³/mol. The van der Waals surface area contributed by atoms with Gasteiger partial charge < -0.3 is 9.84 Å². The van der Waals surface area contributed by atoms with Crippen molar-refractivity contribution in [3.8, 4) is 0 Å². The Morgan fingerprint density at radius 1 is 1.15 bits per heavy atom. The van der Waals surface area contributed by atoms with Crippen molar-refractivity contribution < 1.29 is 19.4 Å². The molecule has 0 radical (unpaired) electrons. The number of aliphatic carboxylic acids is 1. The summed E-state index contributed by atoms with van der Waals surface area (Å²) in [5, 5.41) is 10.7. The van der Waals surface area contributed by atoms with Crippen LogP contribution < -0.4 is 5.84 Å². The molecule has 0 amide bonds. The molecule has 1 aliphatic carbocycles. The number of rotatable bonds is 4. The summed E-state index contributed by atoms with van der Waals surface area (Å²) in [5.74, 6) is 3.91. The number of ether oxygens (including phenoxy) is 1. The number of esters is 1. The van der Waals surface area contributed by atoms with E-state index in [4.69, 9.17) is 10.6 Å². The van der Waals surface area contributed by atoms with Gasteiger partial charge in [0.05, 0.1) is 0 Å². The highest BCUT2D eigenvalue weighted by atomic mass is 16.6. The maximum Gasteiger partial charge on any atom is 0.339 e. The van der Waals surface area contributed by atoms with E-state index in [0.717, 1.165) is 32.1 Å². The lowest BCUT2D eigenvalue weighted by Gasteiger charge is -2.40. The Labute approximate surface area is 120 Å². The SMILES string of the molecule is CC(C)(C)OC(=O)[C@](C)(C(=O)O)N(N)C1CCCCC1. The Morgan fingerprint density at radius 3 is 2.05 bits per heavy atom. The van der Waals surface area contributed by atoms with Crippen LogP contribution in [0.15, 0.2) is 0 Å². The van der Waals surface area contributed by atoms with Crippen molar-refractivity contribution in [3.63, 3.8) is 0 Å². The Morgan fingerprint density at radius 2 is 1.65 bits per heavy atom. The van der Waals surface area contributed by atoms with E-state index in [2.05, 4.69) is 0 Å². The van der Waals surface area contributed by atoms with Crippen LogP contribution in [0.25, 0.3) is 0 Å². The summed E-state index contributed by atoms with van der Waals surface area (Å²) in [6.45, 7) is 6.43. The molecular formula is C14H26N2O4. The number of nitrogens with two attached hydrogens (primary N) is 1. The molecule has 1 aliphatic rings. The lowest BCUT2D eigenvalue weighted by atomic mass is 9.91. The zero-order valence-electron chi connectivity index (χ0n) is 12.8. The van der Waals surface area contributed by atoms with Crippen LogP contribution in [0.2, 0.25) is 0 Å². The standard InChI is InChI=1S/C14H26N2O4/c1-13(2,3)20-12(19)14(4,11(17)18)16(15)10-8-6-5-7-9-10/h10H,5-9,15H2,1-4H3,(H,17,18)/t14-/m0/s1. The van der Waals surface area contributed by atoms with Crippen molar-refractivity contribution in [2.75, 3.05) is 0 Å². The van der Waals surface area contributed by atoms with E-state index >= 15 is 0 Å². The van der Waals surface area contributed by atoms with Crippen LogP contribution in [-0.4, -0.2) is 39.2 Å². The first-order valence-electron chi connectivity index (χ1n) is 7.10. The number of hydrogen-bond donors (Lipinski definition) is 2. The average Bonchev–Trinajstić information content (AvgIpc) is 2.35. The minimum atomic E-state index is -1.85. The molecule has 1 fully saturated rings. The second kappa shape index (κ2) is 6.10. The molecule has 0 spiro atoms. The highest BCUT2D eigenvalue weighted by molar-refractivity contribution is 6.03. The molecule has 0 saturated heterocycles. The Balaban J connectivity index is 2.95. The second-order valence-corrected chi connectivity index (χ2v) is 6.58. The number of carbonyl (C=O) groups is 2. The summed E-state index contributed by atoms with van der Waals surface area (Å²) in [4.78, 5) is 23.9. The number of carbonyl (C=O) groups excluding carboxylic acids is 1. The molecule has 1 atom stereocenters. The maximum absolute atomic E-state index is 12.3. The molecule has 0 bridgehead atoms. The topological polar surface area (TPSA) is 92.9 Å². The predicted octanol–water partition coefficient (Wildman–Crippen LogP) is 1.68. The quantitative estimate of drug-likeness (QED) is 0.353. The number of carboxylic acid groups (broad SMARTS) is 1. The van der Waals surface area contributed by atoms with E-state index in [1.54, 1.807) is 20.8 Å². The fourth-order valence-electron chi connectivity index (χ4n) is 2.40. The second-order valence-electron chi connectivity index (χ2n) is 6.58. The van der Waals surface area contributed by atoms with E-state index < -0.39 is 23.1 Å². The minimum Gasteiger partial charge on any atom is -0.479 e. The molecule has 0 aromatic carbocycles. The molecule has 6 nitrogen and oxygen atoms in total. The van der Waals surface area contributed by atoms with Crippen molar-refractivity contribution in [3.05, 3.63) is 0 Å². The summed E-state index contributed by atoms with van der Waals surface area (Å²) >= 11 is 0. The number of hydrogen-bond acceptors (Lipinski definition) is 5. The minimum absolute atomic E-state index is 0.0997. The highest BCUT2D eigenvalue weighted by Crippen LogP contribution is 2.28. The van der Waals surface area contributed by atoms with Crippen LogP contribution in [-0.2, 0) is 14.3 Å². The molecule has 6 heteroatoms. The van der Waals surface area contributed by atoms with Crippen LogP contribution in [0, 0.1) is 0 Å². The van der Waals surface area contributed by atoms with Gasteiger partial charge in [-0.05, 0) is 40.5 Å². The van der Waals surface area contributed by atoms with Crippen molar-refractivity contribution in [2.45, 2.75) is 77.0 Å². The lowest BCUT2D eigenvalue weighted by Crippen LogP contribution is -2.65. The Bertz CT molecular complexity index is 372. The van der Waals surface area contributed by atoms with Crippen LogP contribution in [0.1, 0.15) is 59.8 Å².